The minimum absolute atomic E-state index is 0.328. The molecule has 6 nitrogen and oxygen atoms in total. The number of aromatic nitrogens is 2. The number of hydrogen-bond donors (Lipinski definition) is 1. The maximum absolute atomic E-state index is 5.64. The van der Waals surface area contributed by atoms with E-state index in [1.807, 2.05) is 18.2 Å². The molecule has 0 saturated heterocycles. The number of anilines is 1. The van der Waals surface area contributed by atoms with Crippen molar-refractivity contribution in [3.63, 3.8) is 0 Å². The Kier molecular flexibility index (Phi) is 4.73. The summed E-state index contributed by atoms with van der Waals surface area (Å²) in [5.41, 5.74) is 3.53. The maximum atomic E-state index is 5.64. The molecule has 0 atom stereocenters. The summed E-state index contributed by atoms with van der Waals surface area (Å²) in [6, 6.07) is 8.83. The van der Waals surface area contributed by atoms with E-state index in [-0.39, 0.29) is 0 Å². The van der Waals surface area contributed by atoms with Crippen LogP contribution < -0.4 is 14.9 Å². The lowest BCUT2D eigenvalue weighted by molar-refractivity contribution is 0.354. The average Bonchev–Trinajstić information content (AvgIpc) is 2.49. The molecule has 0 fully saturated rings. The van der Waals surface area contributed by atoms with Gasteiger partial charge in [-0.3, -0.25) is 5.43 Å². The third-order valence-corrected chi connectivity index (χ3v) is 2.65. The summed E-state index contributed by atoms with van der Waals surface area (Å²) in [7, 11) is 3.16. The van der Waals surface area contributed by atoms with Crippen LogP contribution in [0.5, 0.6) is 11.5 Å². The smallest absolute Gasteiger partial charge is 0.169 e. The van der Waals surface area contributed by atoms with Gasteiger partial charge in [0.15, 0.2) is 22.5 Å². The Balaban J connectivity index is 2.13. The molecule has 1 aromatic carbocycles. The second-order valence-corrected chi connectivity index (χ2v) is 4.08. The van der Waals surface area contributed by atoms with Gasteiger partial charge in [-0.1, -0.05) is 17.7 Å². The number of nitrogens with zero attached hydrogens (tertiary/aromatic N) is 3. The van der Waals surface area contributed by atoms with Crippen LogP contribution in [0.1, 0.15) is 5.56 Å². The molecule has 0 aliphatic rings. The fraction of sp³-hybridized carbons (Fsp3) is 0.154. The van der Waals surface area contributed by atoms with Gasteiger partial charge >= 0.3 is 0 Å². The summed E-state index contributed by atoms with van der Waals surface area (Å²) in [5.74, 6) is 1.75. The molecule has 0 amide bonds. The first-order valence-electron chi connectivity index (χ1n) is 5.74. The summed E-state index contributed by atoms with van der Waals surface area (Å²) >= 11 is 5.64. The SMILES string of the molecule is COc1cccc(/C=N/Nc2ccc(Cl)nn2)c1OC. The van der Waals surface area contributed by atoms with E-state index in [2.05, 4.69) is 20.7 Å². The van der Waals surface area contributed by atoms with Gasteiger partial charge in [-0.15, -0.1) is 10.2 Å². The van der Waals surface area contributed by atoms with Gasteiger partial charge in [-0.2, -0.15) is 5.10 Å². The van der Waals surface area contributed by atoms with Crippen molar-refractivity contribution in [3.05, 3.63) is 41.0 Å². The maximum Gasteiger partial charge on any atom is 0.169 e. The molecule has 1 N–H and O–H groups in total. The Morgan fingerprint density at radius 3 is 2.65 bits per heavy atom. The molecule has 0 bridgehead atoms. The van der Waals surface area contributed by atoms with Crippen LogP contribution in [0.2, 0.25) is 5.15 Å². The highest BCUT2D eigenvalue weighted by molar-refractivity contribution is 6.29. The molecule has 104 valence electrons. The van der Waals surface area contributed by atoms with Crippen molar-refractivity contribution in [2.24, 2.45) is 5.10 Å². The topological polar surface area (TPSA) is 68.6 Å². The molecule has 1 aromatic heterocycles. The standard InChI is InChI=1S/C13H13ClN4O2/c1-19-10-5-3-4-9(13(10)20-2)8-15-17-12-7-6-11(14)16-18-12/h3-8H,1-2H3,(H,17,18)/b15-8+. The van der Waals surface area contributed by atoms with Gasteiger partial charge in [0, 0.05) is 5.56 Å². The van der Waals surface area contributed by atoms with E-state index in [0.29, 0.717) is 22.5 Å². The monoisotopic (exact) mass is 292 g/mol. The number of para-hydroxylation sites is 1. The molecule has 1 heterocycles. The second kappa shape index (κ2) is 6.72. The van der Waals surface area contributed by atoms with Crippen LogP contribution >= 0.6 is 11.6 Å². The third-order valence-electron chi connectivity index (χ3n) is 2.45. The van der Waals surface area contributed by atoms with Crippen molar-refractivity contribution in [3.8, 4) is 11.5 Å². The van der Waals surface area contributed by atoms with Crippen molar-refractivity contribution in [2.45, 2.75) is 0 Å². The van der Waals surface area contributed by atoms with Crippen LogP contribution in [-0.2, 0) is 0 Å². The van der Waals surface area contributed by atoms with Crippen molar-refractivity contribution >= 4 is 23.6 Å². The Bertz CT molecular complexity index is 602. The summed E-state index contributed by atoms with van der Waals surface area (Å²) in [5, 5.41) is 11.9. The van der Waals surface area contributed by atoms with Crippen LogP contribution in [0, 0.1) is 0 Å². The second-order valence-electron chi connectivity index (χ2n) is 3.69. The van der Waals surface area contributed by atoms with Gasteiger partial charge in [0.25, 0.3) is 0 Å². The normalized spacial score (nSPS) is 10.6. The van der Waals surface area contributed by atoms with Crippen molar-refractivity contribution in [2.75, 3.05) is 19.6 Å². The first-order chi connectivity index (χ1) is 9.74. The number of halogens is 1. The Morgan fingerprint density at radius 1 is 1.15 bits per heavy atom. The average molecular weight is 293 g/mol. The molecule has 2 rings (SSSR count). The zero-order chi connectivity index (χ0) is 14.4. The number of nitrogens with one attached hydrogen (secondary N) is 1. The summed E-state index contributed by atoms with van der Waals surface area (Å²) in [4.78, 5) is 0. The van der Waals surface area contributed by atoms with Crippen molar-refractivity contribution < 1.29 is 9.47 Å². The number of hydrazone groups is 1. The summed E-state index contributed by atoms with van der Waals surface area (Å²) in [6.07, 6.45) is 1.61. The molecule has 0 saturated carbocycles. The number of hydrogen-bond acceptors (Lipinski definition) is 6. The van der Waals surface area contributed by atoms with Gasteiger partial charge in [-0.25, -0.2) is 0 Å². The summed E-state index contributed by atoms with van der Waals surface area (Å²) < 4.78 is 10.5. The molecule has 7 heteroatoms. The predicted octanol–water partition coefficient (Wildman–Crippen LogP) is 2.59. The lowest BCUT2D eigenvalue weighted by Gasteiger charge is -2.09. The van der Waals surface area contributed by atoms with Crippen LogP contribution in [0.15, 0.2) is 35.4 Å². The van der Waals surface area contributed by atoms with Gasteiger partial charge in [-0.05, 0) is 24.3 Å². The zero-order valence-corrected chi connectivity index (χ0v) is 11.8. The van der Waals surface area contributed by atoms with E-state index in [9.17, 15) is 0 Å². The third kappa shape index (κ3) is 3.36. The van der Waals surface area contributed by atoms with Crippen molar-refractivity contribution in [1.29, 1.82) is 0 Å². The van der Waals surface area contributed by atoms with Gasteiger partial charge < -0.3 is 9.47 Å². The molecule has 0 aliphatic carbocycles. The van der Waals surface area contributed by atoms with E-state index < -0.39 is 0 Å². The van der Waals surface area contributed by atoms with Crippen LogP contribution in [0.3, 0.4) is 0 Å². The Hall–Kier alpha value is -2.34. The largest absolute Gasteiger partial charge is 0.493 e. The lowest BCUT2D eigenvalue weighted by atomic mass is 10.2. The zero-order valence-electron chi connectivity index (χ0n) is 11.0. The van der Waals surface area contributed by atoms with E-state index in [1.54, 1.807) is 32.6 Å². The molecule has 20 heavy (non-hydrogen) atoms. The van der Waals surface area contributed by atoms with Crippen LogP contribution in [0.4, 0.5) is 5.82 Å². The van der Waals surface area contributed by atoms with E-state index >= 15 is 0 Å². The minimum Gasteiger partial charge on any atom is -0.493 e. The van der Waals surface area contributed by atoms with Gasteiger partial charge in [0.05, 0.1) is 20.4 Å². The predicted molar refractivity (Wildman–Crippen MR) is 77.8 cm³/mol. The lowest BCUT2D eigenvalue weighted by Crippen LogP contribution is -1.98. The van der Waals surface area contributed by atoms with E-state index in [4.69, 9.17) is 21.1 Å². The molecule has 0 radical (unpaired) electrons. The highest BCUT2D eigenvalue weighted by Crippen LogP contribution is 2.29. The molecular formula is C13H13ClN4O2. The highest BCUT2D eigenvalue weighted by Gasteiger charge is 2.07. The minimum atomic E-state index is 0.328. The molecule has 0 spiro atoms. The fourth-order valence-corrected chi connectivity index (χ4v) is 1.66. The molecule has 0 unspecified atom stereocenters. The fourth-order valence-electron chi connectivity index (χ4n) is 1.56. The Labute approximate surface area is 121 Å². The summed E-state index contributed by atoms with van der Waals surface area (Å²) in [6.45, 7) is 0. The number of rotatable bonds is 5. The highest BCUT2D eigenvalue weighted by atomic mass is 35.5. The van der Waals surface area contributed by atoms with Crippen LogP contribution in [-0.4, -0.2) is 30.6 Å². The van der Waals surface area contributed by atoms with Crippen LogP contribution in [0.25, 0.3) is 0 Å². The molecule has 0 aliphatic heterocycles. The van der Waals surface area contributed by atoms with Crippen molar-refractivity contribution in [1.82, 2.24) is 10.2 Å². The van der Waals surface area contributed by atoms with Gasteiger partial charge in [0.2, 0.25) is 0 Å². The Morgan fingerprint density at radius 2 is 2.00 bits per heavy atom. The first kappa shape index (κ1) is 14.1. The number of methoxy groups -OCH3 is 2. The quantitative estimate of drug-likeness (QED) is 0.677. The molecule has 2 aromatic rings. The first-order valence-corrected chi connectivity index (χ1v) is 6.11. The van der Waals surface area contributed by atoms with Gasteiger partial charge in [0.1, 0.15) is 0 Å². The molecular weight excluding hydrogens is 280 g/mol. The number of benzene rings is 1. The number of ether oxygens (including phenoxy) is 2. The van der Waals surface area contributed by atoms with E-state index in [0.717, 1.165) is 5.56 Å². The van der Waals surface area contributed by atoms with E-state index in [1.165, 1.54) is 0 Å².